The minimum atomic E-state index is -3.59. The number of hydrogen-bond acceptors (Lipinski definition) is 6. The molecule has 0 aromatic heterocycles. The van der Waals surface area contributed by atoms with E-state index in [-0.39, 0.29) is 25.6 Å². The summed E-state index contributed by atoms with van der Waals surface area (Å²) in [6.45, 7) is 10.6. The Bertz CT molecular complexity index is 672. The van der Waals surface area contributed by atoms with Gasteiger partial charge in [-0.05, 0) is 65.2 Å². The Hall–Kier alpha value is -1.11. The SMILES string of the molecule is CCOC(=O)C1(C(=O)OCC)CC(S(=O)(=O)C(C)(C)C)C2(C)CCCCC12. The maximum atomic E-state index is 13.5. The zero-order valence-electron chi connectivity index (χ0n) is 17.5. The number of esters is 2. The van der Waals surface area contributed by atoms with Crippen molar-refractivity contribution in [3.63, 3.8) is 0 Å². The lowest BCUT2D eigenvalue weighted by Gasteiger charge is -2.44. The van der Waals surface area contributed by atoms with Gasteiger partial charge in [-0.15, -0.1) is 0 Å². The molecule has 2 aliphatic rings. The molecule has 0 aliphatic heterocycles. The first-order valence-corrected chi connectivity index (χ1v) is 11.5. The summed E-state index contributed by atoms with van der Waals surface area (Å²) < 4.78 is 36.6. The van der Waals surface area contributed by atoms with Gasteiger partial charge in [0.05, 0.1) is 23.2 Å². The summed E-state index contributed by atoms with van der Waals surface area (Å²) in [5.41, 5.74) is -2.19. The molecule has 0 N–H and O–H groups in total. The molecule has 27 heavy (non-hydrogen) atoms. The molecule has 0 amide bonds. The van der Waals surface area contributed by atoms with Gasteiger partial charge in [0.1, 0.15) is 0 Å². The van der Waals surface area contributed by atoms with Crippen molar-refractivity contribution in [2.75, 3.05) is 13.2 Å². The maximum Gasteiger partial charge on any atom is 0.323 e. The Morgan fingerprint density at radius 3 is 2.00 bits per heavy atom. The Morgan fingerprint density at radius 2 is 1.56 bits per heavy atom. The van der Waals surface area contributed by atoms with Gasteiger partial charge in [-0.25, -0.2) is 8.42 Å². The van der Waals surface area contributed by atoms with E-state index in [1.165, 1.54) is 0 Å². The van der Waals surface area contributed by atoms with Crippen molar-refractivity contribution in [3.8, 4) is 0 Å². The summed E-state index contributed by atoms with van der Waals surface area (Å²) in [6.07, 6.45) is 3.02. The number of rotatable bonds is 5. The predicted molar refractivity (Wildman–Crippen MR) is 103 cm³/mol. The first-order valence-electron chi connectivity index (χ1n) is 9.97. The van der Waals surface area contributed by atoms with Crippen molar-refractivity contribution in [1.29, 1.82) is 0 Å². The van der Waals surface area contributed by atoms with Crippen LogP contribution in [-0.2, 0) is 28.9 Å². The molecular weight excluding hydrogens is 368 g/mol. The van der Waals surface area contributed by atoms with E-state index in [4.69, 9.17) is 9.47 Å². The molecule has 0 heterocycles. The van der Waals surface area contributed by atoms with Crippen molar-refractivity contribution < 1.29 is 27.5 Å². The highest BCUT2D eigenvalue weighted by Gasteiger charge is 2.71. The second-order valence-corrected chi connectivity index (χ2v) is 12.0. The highest BCUT2D eigenvalue weighted by molar-refractivity contribution is 7.93. The number of carbonyl (C=O) groups excluding carboxylic acids is 2. The van der Waals surface area contributed by atoms with Gasteiger partial charge in [-0.3, -0.25) is 9.59 Å². The summed E-state index contributed by atoms with van der Waals surface area (Å²) in [5, 5.41) is -0.774. The molecule has 2 saturated carbocycles. The number of ether oxygens (including phenoxy) is 2. The number of fused-ring (bicyclic) bond motifs is 1. The molecule has 0 aromatic rings. The van der Waals surface area contributed by atoms with Crippen LogP contribution in [0.15, 0.2) is 0 Å². The van der Waals surface area contributed by atoms with Crippen LogP contribution in [0.2, 0.25) is 0 Å². The smallest absolute Gasteiger partial charge is 0.323 e. The summed E-state index contributed by atoms with van der Waals surface area (Å²) in [5.74, 6) is -1.65. The van der Waals surface area contributed by atoms with Crippen LogP contribution >= 0.6 is 0 Å². The average molecular weight is 403 g/mol. The molecule has 6 nitrogen and oxygen atoms in total. The molecule has 3 unspecified atom stereocenters. The monoisotopic (exact) mass is 402 g/mol. The lowest BCUT2D eigenvalue weighted by Crippen LogP contribution is -2.49. The van der Waals surface area contributed by atoms with Gasteiger partial charge in [0.15, 0.2) is 15.3 Å². The molecule has 3 atom stereocenters. The third kappa shape index (κ3) is 3.30. The molecule has 0 radical (unpaired) electrons. The second kappa shape index (κ2) is 7.37. The summed E-state index contributed by atoms with van der Waals surface area (Å²) >= 11 is 0. The lowest BCUT2D eigenvalue weighted by atomic mass is 9.62. The third-order valence-electron chi connectivity index (χ3n) is 6.60. The van der Waals surface area contributed by atoms with E-state index in [1.807, 2.05) is 6.92 Å². The van der Waals surface area contributed by atoms with Crippen LogP contribution in [0.25, 0.3) is 0 Å². The van der Waals surface area contributed by atoms with E-state index in [2.05, 4.69) is 0 Å². The minimum Gasteiger partial charge on any atom is -0.465 e. The Kier molecular flexibility index (Phi) is 6.06. The van der Waals surface area contributed by atoms with Gasteiger partial charge in [-0.1, -0.05) is 19.8 Å². The fourth-order valence-corrected chi connectivity index (χ4v) is 7.49. The molecule has 0 aromatic carbocycles. The zero-order chi connectivity index (χ0) is 20.7. The van der Waals surface area contributed by atoms with Crippen molar-refractivity contribution >= 4 is 21.8 Å². The van der Waals surface area contributed by atoms with Crippen LogP contribution in [-0.4, -0.2) is 43.6 Å². The minimum absolute atomic E-state index is 0.0502. The van der Waals surface area contributed by atoms with Gasteiger partial charge in [0.25, 0.3) is 0 Å². The zero-order valence-corrected chi connectivity index (χ0v) is 18.3. The van der Waals surface area contributed by atoms with E-state index >= 15 is 0 Å². The quantitative estimate of drug-likeness (QED) is 0.518. The van der Waals surface area contributed by atoms with Crippen LogP contribution in [0.3, 0.4) is 0 Å². The first-order chi connectivity index (χ1) is 12.4. The van der Waals surface area contributed by atoms with E-state index in [9.17, 15) is 18.0 Å². The topological polar surface area (TPSA) is 86.7 Å². The third-order valence-corrected chi connectivity index (χ3v) is 9.76. The fraction of sp³-hybridized carbons (Fsp3) is 0.900. The molecule has 156 valence electrons. The number of carbonyl (C=O) groups is 2. The maximum absolute atomic E-state index is 13.5. The van der Waals surface area contributed by atoms with Crippen molar-refractivity contribution in [3.05, 3.63) is 0 Å². The second-order valence-electron chi connectivity index (χ2n) is 9.07. The van der Waals surface area contributed by atoms with Gasteiger partial charge in [0.2, 0.25) is 0 Å². The summed E-state index contributed by atoms with van der Waals surface area (Å²) in [6, 6.07) is 0. The molecule has 2 fully saturated rings. The van der Waals surface area contributed by atoms with Crippen molar-refractivity contribution in [2.45, 2.75) is 83.6 Å². The summed E-state index contributed by atoms with van der Waals surface area (Å²) in [7, 11) is -3.59. The molecule has 0 spiro atoms. The van der Waals surface area contributed by atoms with Crippen LogP contribution in [0.5, 0.6) is 0 Å². The summed E-state index contributed by atoms with van der Waals surface area (Å²) in [4.78, 5) is 26.2. The van der Waals surface area contributed by atoms with E-state index in [1.54, 1.807) is 34.6 Å². The van der Waals surface area contributed by atoms with Crippen molar-refractivity contribution in [1.82, 2.24) is 0 Å². The molecular formula is C20H34O6S. The van der Waals surface area contributed by atoms with Crippen LogP contribution in [0.1, 0.15) is 73.6 Å². The molecule has 2 aliphatic carbocycles. The highest BCUT2D eigenvalue weighted by Crippen LogP contribution is 2.64. The van der Waals surface area contributed by atoms with Crippen molar-refractivity contribution in [2.24, 2.45) is 16.7 Å². The van der Waals surface area contributed by atoms with Crippen LogP contribution in [0.4, 0.5) is 0 Å². The van der Waals surface area contributed by atoms with E-state index < -0.39 is 42.6 Å². The Labute approximate surface area is 163 Å². The first kappa shape index (κ1) is 22.2. The normalized spacial score (nSPS) is 30.4. The largest absolute Gasteiger partial charge is 0.465 e. The van der Waals surface area contributed by atoms with Crippen LogP contribution in [0, 0.1) is 16.7 Å². The highest BCUT2D eigenvalue weighted by atomic mass is 32.2. The molecule has 0 saturated heterocycles. The molecule has 7 heteroatoms. The standard InChI is InChI=1S/C20H34O6S/c1-7-25-16(21)20(17(22)26-8-2)13-15(27(23,24)18(3,4)5)19(6)12-10-9-11-14(19)20/h14-15H,7-13H2,1-6H3. The van der Waals surface area contributed by atoms with Gasteiger partial charge in [0, 0.05) is 0 Å². The predicted octanol–water partition coefficient (Wildman–Crippen LogP) is 3.28. The van der Waals surface area contributed by atoms with Gasteiger partial charge >= 0.3 is 11.9 Å². The fourth-order valence-electron chi connectivity index (χ4n) is 5.17. The lowest BCUT2D eigenvalue weighted by molar-refractivity contribution is -0.178. The number of hydrogen-bond donors (Lipinski definition) is 0. The molecule has 2 rings (SSSR count). The van der Waals surface area contributed by atoms with Crippen LogP contribution < -0.4 is 0 Å². The van der Waals surface area contributed by atoms with E-state index in [0.29, 0.717) is 12.8 Å². The Balaban J connectivity index is 2.68. The molecule has 0 bridgehead atoms. The van der Waals surface area contributed by atoms with E-state index in [0.717, 1.165) is 12.8 Å². The average Bonchev–Trinajstić information content (AvgIpc) is 2.85. The van der Waals surface area contributed by atoms with Gasteiger partial charge < -0.3 is 9.47 Å². The number of sulfone groups is 1. The van der Waals surface area contributed by atoms with Gasteiger partial charge in [-0.2, -0.15) is 0 Å². The Morgan fingerprint density at radius 1 is 1.04 bits per heavy atom.